The molecule has 1 aliphatic heterocycles. The Balaban J connectivity index is 1.62. The van der Waals surface area contributed by atoms with E-state index in [-0.39, 0.29) is 17.7 Å². The van der Waals surface area contributed by atoms with Gasteiger partial charge in [-0.05, 0) is 53.8 Å². The highest BCUT2D eigenvalue weighted by molar-refractivity contribution is 6.31. The number of carbonyl (C=O) groups is 1. The van der Waals surface area contributed by atoms with E-state index in [0.29, 0.717) is 11.4 Å². The maximum absolute atomic E-state index is 13.6. The Morgan fingerprint density at radius 1 is 0.935 bits per heavy atom. The van der Waals surface area contributed by atoms with E-state index >= 15 is 0 Å². The Hall–Kier alpha value is -3.24. The lowest BCUT2D eigenvalue weighted by Crippen LogP contribution is -2.27. The molecule has 0 bridgehead atoms. The number of fused-ring (bicyclic) bond motifs is 1. The van der Waals surface area contributed by atoms with Gasteiger partial charge in [0.05, 0.1) is 24.5 Å². The van der Waals surface area contributed by atoms with Crippen LogP contribution in [0.15, 0.2) is 84.1 Å². The number of para-hydroxylation sites is 2. The number of ketones is 1. The monoisotopic (exact) mass is 430 g/mol. The largest absolute Gasteiger partial charge is 0.497 e. The van der Waals surface area contributed by atoms with Crippen LogP contribution < -0.4 is 15.4 Å². The lowest BCUT2D eigenvalue weighted by atomic mass is 9.78. The van der Waals surface area contributed by atoms with Gasteiger partial charge < -0.3 is 15.4 Å². The molecule has 1 aliphatic carbocycles. The summed E-state index contributed by atoms with van der Waals surface area (Å²) in [7, 11) is 1.65. The first-order chi connectivity index (χ1) is 15.1. The van der Waals surface area contributed by atoms with Gasteiger partial charge in [-0.15, -0.1) is 0 Å². The molecule has 4 nitrogen and oxygen atoms in total. The maximum Gasteiger partial charge on any atom is 0.163 e. The highest BCUT2D eigenvalue weighted by Gasteiger charge is 2.36. The molecule has 0 saturated carbocycles. The van der Waals surface area contributed by atoms with Gasteiger partial charge in [0.15, 0.2) is 5.78 Å². The number of methoxy groups -OCH3 is 1. The third kappa shape index (κ3) is 3.68. The Labute approximate surface area is 186 Å². The van der Waals surface area contributed by atoms with Gasteiger partial charge in [-0.2, -0.15) is 0 Å². The molecule has 0 saturated heterocycles. The van der Waals surface area contributed by atoms with Crippen LogP contribution in [0, 0.1) is 0 Å². The number of carbonyl (C=O) groups excluding carboxylic acids is 1. The van der Waals surface area contributed by atoms with Crippen molar-refractivity contribution in [2.75, 3.05) is 17.7 Å². The third-order valence-corrected chi connectivity index (χ3v) is 6.43. The topological polar surface area (TPSA) is 50.4 Å². The normalized spacial score (nSPS) is 20.1. The third-order valence-electron chi connectivity index (χ3n) is 6.08. The van der Waals surface area contributed by atoms with E-state index in [2.05, 4.69) is 10.6 Å². The van der Waals surface area contributed by atoms with Crippen molar-refractivity contribution in [1.29, 1.82) is 0 Å². The van der Waals surface area contributed by atoms with E-state index in [1.54, 1.807) is 7.11 Å². The zero-order chi connectivity index (χ0) is 21.4. The second kappa shape index (κ2) is 8.12. The first-order valence-electron chi connectivity index (χ1n) is 10.4. The van der Waals surface area contributed by atoms with Gasteiger partial charge in [0, 0.05) is 22.7 Å². The number of anilines is 2. The standard InChI is InChI=1S/C26H23ClN2O2/c1-31-18-8-6-7-16(13-18)26-25-23(28-21-11-4-5-12-22(21)29-26)14-17(15-24(25)30)19-9-2-3-10-20(19)27/h2-13,17,26,28-29H,14-15H2,1H3/t17-,26+/m0/s1. The number of ether oxygens (including phenoxy) is 1. The van der Waals surface area contributed by atoms with Crippen LogP contribution in [0.3, 0.4) is 0 Å². The Kier molecular flexibility index (Phi) is 5.16. The lowest BCUT2D eigenvalue weighted by Gasteiger charge is -2.30. The number of nitrogens with one attached hydrogen (secondary N) is 2. The number of Topliss-reactive ketones (excluding diaryl/α,β-unsaturated/α-hetero) is 1. The summed E-state index contributed by atoms with van der Waals surface area (Å²) in [5, 5.41) is 7.87. The van der Waals surface area contributed by atoms with E-state index in [0.717, 1.165) is 45.9 Å². The van der Waals surface area contributed by atoms with Crippen LogP contribution >= 0.6 is 11.6 Å². The van der Waals surface area contributed by atoms with Gasteiger partial charge in [0.2, 0.25) is 0 Å². The van der Waals surface area contributed by atoms with Crippen LogP contribution in [0.25, 0.3) is 0 Å². The summed E-state index contributed by atoms with van der Waals surface area (Å²) in [6.45, 7) is 0. The molecule has 0 fully saturated rings. The van der Waals surface area contributed by atoms with Crippen LogP contribution in [-0.2, 0) is 4.79 Å². The first-order valence-corrected chi connectivity index (χ1v) is 10.8. The smallest absolute Gasteiger partial charge is 0.163 e. The molecule has 0 amide bonds. The molecular weight excluding hydrogens is 408 g/mol. The van der Waals surface area contributed by atoms with Gasteiger partial charge in [0.25, 0.3) is 0 Å². The van der Waals surface area contributed by atoms with Crippen LogP contribution in [0.4, 0.5) is 11.4 Å². The number of rotatable bonds is 3. The number of halogens is 1. The highest BCUT2D eigenvalue weighted by Crippen LogP contribution is 2.45. The average molecular weight is 431 g/mol. The van der Waals surface area contributed by atoms with E-state index in [1.807, 2.05) is 72.8 Å². The molecule has 3 aromatic rings. The highest BCUT2D eigenvalue weighted by atomic mass is 35.5. The fourth-order valence-electron chi connectivity index (χ4n) is 4.59. The summed E-state index contributed by atoms with van der Waals surface area (Å²) in [5.41, 5.74) is 5.68. The van der Waals surface area contributed by atoms with Gasteiger partial charge in [0.1, 0.15) is 5.75 Å². The minimum atomic E-state index is -0.263. The molecule has 0 spiro atoms. The molecule has 2 N–H and O–H groups in total. The van der Waals surface area contributed by atoms with Crippen LogP contribution in [0.1, 0.15) is 35.9 Å². The molecule has 1 heterocycles. The Morgan fingerprint density at radius 3 is 2.52 bits per heavy atom. The number of allylic oxidation sites excluding steroid dienone is 1. The van der Waals surface area contributed by atoms with Crippen molar-refractivity contribution in [2.45, 2.75) is 24.8 Å². The van der Waals surface area contributed by atoms with E-state index in [4.69, 9.17) is 16.3 Å². The van der Waals surface area contributed by atoms with E-state index < -0.39 is 0 Å². The zero-order valence-electron chi connectivity index (χ0n) is 17.2. The lowest BCUT2D eigenvalue weighted by molar-refractivity contribution is -0.116. The van der Waals surface area contributed by atoms with Crippen molar-refractivity contribution in [2.24, 2.45) is 0 Å². The van der Waals surface area contributed by atoms with Gasteiger partial charge in [-0.1, -0.05) is 54.1 Å². The van der Waals surface area contributed by atoms with Crippen molar-refractivity contribution in [3.05, 3.63) is 100 Å². The van der Waals surface area contributed by atoms with E-state index in [1.165, 1.54) is 0 Å². The second-order valence-corrected chi connectivity index (χ2v) is 8.37. The summed E-state index contributed by atoms with van der Waals surface area (Å²) in [4.78, 5) is 13.6. The molecule has 0 radical (unpaired) electrons. The summed E-state index contributed by atoms with van der Waals surface area (Å²) < 4.78 is 5.44. The minimum absolute atomic E-state index is 0.0451. The molecule has 5 heteroatoms. The summed E-state index contributed by atoms with van der Waals surface area (Å²) in [6.07, 6.45) is 1.16. The molecule has 5 rings (SSSR count). The van der Waals surface area contributed by atoms with Gasteiger partial charge in [-0.3, -0.25) is 4.79 Å². The fraction of sp³-hybridized carbons (Fsp3) is 0.192. The minimum Gasteiger partial charge on any atom is -0.497 e. The van der Waals surface area contributed by atoms with Crippen molar-refractivity contribution in [3.8, 4) is 5.75 Å². The number of hydrogen-bond acceptors (Lipinski definition) is 4. The fourth-order valence-corrected chi connectivity index (χ4v) is 4.88. The summed E-state index contributed by atoms with van der Waals surface area (Å²) >= 11 is 6.48. The van der Waals surface area contributed by atoms with Crippen LogP contribution in [0.5, 0.6) is 5.75 Å². The van der Waals surface area contributed by atoms with Crippen molar-refractivity contribution >= 4 is 28.8 Å². The van der Waals surface area contributed by atoms with Crippen molar-refractivity contribution < 1.29 is 9.53 Å². The summed E-state index contributed by atoms with van der Waals surface area (Å²) in [5.74, 6) is 0.944. The Bertz CT molecular complexity index is 1190. The molecule has 2 atom stereocenters. The zero-order valence-corrected chi connectivity index (χ0v) is 17.9. The van der Waals surface area contributed by atoms with E-state index in [9.17, 15) is 4.79 Å². The van der Waals surface area contributed by atoms with Crippen molar-refractivity contribution in [3.63, 3.8) is 0 Å². The molecule has 156 valence electrons. The predicted molar refractivity (Wildman–Crippen MR) is 125 cm³/mol. The molecule has 0 aromatic heterocycles. The quantitative estimate of drug-likeness (QED) is 0.509. The number of benzene rings is 3. The molecular formula is C26H23ClN2O2. The predicted octanol–water partition coefficient (Wildman–Crippen LogP) is 6.33. The average Bonchev–Trinajstić information content (AvgIpc) is 2.96. The molecule has 0 unspecified atom stereocenters. The summed E-state index contributed by atoms with van der Waals surface area (Å²) in [6, 6.07) is 23.5. The van der Waals surface area contributed by atoms with Crippen molar-refractivity contribution in [1.82, 2.24) is 0 Å². The SMILES string of the molecule is COc1cccc([C@H]2Nc3ccccc3NC3=C2C(=O)C[C@@H](c2ccccc2Cl)C3)c1. The first kappa shape index (κ1) is 19.7. The second-order valence-electron chi connectivity index (χ2n) is 7.97. The molecule has 2 aliphatic rings. The Morgan fingerprint density at radius 2 is 1.71 bits per heavy atom. The van der Waals surface area contributed by atoms with Gasteiger partial charge >= 0.3 is 0 Å². The number of hydrogen-bond donors (Lipinski definition) is 2. The molecule has 31 heavy (non-hydrogen) atoms. The van der Waals surface area contributed by atoms with Crippen LogP contribution in [0.2, 0.25) is 5.02 Å². The van der Waals surface area contributed by atoms with Gasteiger partial charge in [-0.25, -0.2) is 0 Å². The maximum atomic E-state index is 13.6. The van der Waals surface area contributed by atoms with Crippen LogP contribution in [-0.4, -0.2) is 12.9 Å². The molecule has 3 aromatic carbocycles.